The van der Waals surface area contributed by atoms with Crippen molar-refractivity contribution < 1.29 is 0 Å². The third kappa shape index (κ3) is 1.58. The molecule has 22 heavy (non-hydrogen) atoms. The molecule has 114 valence electrons. The molecule has 3 heterocycles. The SMILES string of the molecule is Cc1cc(C)c(C2[C@@H](C)N3CC2(C)c2ccccc23)c(C)n1. The van der Waals surface area contributed by atoms with Crippen LogP contribution in [0.2, 0.25) is 0 Å². The summed E-state index contributed by atoms with van der Waals surface area (Å²) < 4.78 is 0. The van der Waals surface area contributed by atoms with Crippen molar-refractivity contribution in [3.8, 4) is 0 Å². The average molecular weight is 292 g/mol. The molecule has 2 unspecified atom stereocenters. The number of rotatable bonds is 1. The third-order valence-electron chi connectivity index (χ3n) is 5.88. The molecule has 0 N–H and O–H groups in total. The van der Waals surface area contributed by atoms with Crippen molar-refractivity contribution in [2.75, 3.05) is 11.4 Å². The molecule has 2 nitrogen and oxygen atoms in total. The third-order valence-corrected chi connectivity index (χ3v) is 5.88. The minimum atomic E-state index is 0.197. The summed E-state index contributed by atoms with van der Waals surface area (Å²) in [4.78, 5) is 7.36. The lowest BCUT2D eigenvalue weighted by atomic mass is 9.67. The molecular weight excluding hydrogens is 268 g/mol. The number of hydrogen-bond acceptors (Lipinski definition) is 2. The summed E-state index contributed by atoms with van der Waals surface area (Å²) in [5.41, 5.74) is 8.35. The largest absolute Gasteiger partial charge is 0.367 e. The first-order chi connectivity index (χ1) is 10.4. The van der Waals surface area contributed by atoms with Gasteiger partial charge in [-0.15, -0.1) is 0 Å². The lowest BCUT2D eigenvalue weighted by Crippen LogP contribution is -2.36. The van der Waals surface area contributed by atoms with E-state index in [0.29, 0.717) is 12.0 Å². The minimum Gasteiger partial charge on any atom is -0.367 e. The van der Waals surface area contributed by atoms with E-state index in [9.17, 15) is 0 Å². The quantitative estimate of drug-likeness (QED) is 0.780. The highest BCUT2D eigenvalue weighted by atomic mass is 15.2. The summed E-state index contributed by atoms with van der Waals surface area (Å²) in [5.74, 6) is 0.524. The van der Waals surface area contributed by atoms with Crippen molar-refractivity contribution in [1.29, 1.82) is 0 Å². The van der Waals surface area contributed by atoms with Gasteiger partial charge in [-0.1, -0.05) is 25.1 Å². The molecule has 0 saturated carbocycles. The highest BCUT2D eigenvalue weighted by Gasteiger charge is 2.56. The van der Waals surface area contributed by atoms with Crippen molar-refractivity contribution in [3.63, 3.8) is 0 Å². The predicted octanol–water partition coefficient (Wildman–Crippen LogP) is 4.27. The Balaban J connectivity index is 1.93. The van der Waals surface area contributed by atoms with Crippen LogP contribution in [0.15, 0.2) is 30.3 Å². The molecule has 3 atom stereocenters. The van der Waals surface area contributed by atoms with E-state index in [-0.39, 0.29) is 5.41 Å². The van der Waals surface area contributed by atoms with Gasteiger partial charge >= 0.3 is 0 Å². The van der Waals surface area contributed by atoms with E-state index in [1.54, 1.807) is 0 Å². The van der Waals surface area contributed by atoms with Gasteiger partial charge in [0, 0.05) is 41.0 Å². The number of anilines is 1. The maximum atomic E-state index is 4.77. The number of aryl methyl sites for hydroxylation is 3. The second kappa shape index (κ2) is 4.34. The smallest absolute Gasteiger partial charge is 0.0414 e. The molecule has 1 saturated heterocycles. The van der Waals surface area contributed by atoms with Gasteiger partial charge in [0.2, 0.25) is 0 Å². The monoisotopic (exact) mass is 292 g/mol. The average Bonchev–Trinajstić information content (AvgIpc) is 2.89. The standard InChI is InChI=1S/C20H24N2/c1-12-10-13(2)21-14(3)18(12)19-15(4)22-11-20(19,5)16-8-6-7-9-17(16)22/h6-10,15,19H,11H2,1-5H3/t15-,19?,20?/m1/s1. The van der Waals surface area contributed by atoms with Gasteiger partial charge in [0.05, 0.1) is 0 Å². The molecule has 2 aromatic rings. The fourth-order valence-electron chi connectivity index (χ4n) is 5.14. The van der Waals surface area contributed by atoms with Crippen molar-refractivity contribution in [1.82, 2.24) is 4.98 Å². The van der Waals surface area contributed by atoms with Crippen LogP contribution < -0.4 is 4.90 Å². The van der Waals surface area contributed by atoms with E-state index in [1.807, 2.05) is 0 Å². The second-order valence-corrected chi connectivity index (χ2v) is 7.36. The summed E-state index contributed by atoms with van der Waals surface area (Å²) in [6, 6.07) is 11.7. The number of pyridine rings is 1. The van der Waals surface area contributed by atoms with Crippen LogP contribution in [-0.4, -0.2) is 17.6 Å². The van der Waals surface area contributed by atoms with Crippen LogP contribution in [0.3, 0.4) is 0 Å². The van der Waals surface area contributed by atoms with Crippen LogP contribution in [0.1, 0.15) is 47.8 Å². The first-order valence-electron chi connectivity index (χ1n) is 8.24. The van der Waals surface area contributed by atoms with Gasteiger partial charge in [-0.05, 0) is 56.5 Å². The molecule has 1 aromatic heterocycles. The first-order valence-corrected chi connectivity index (χ1v) is 8.24. The summed E-state index contributed by atoms with van der Waals surface area (Å²) in [7, 11) is 0. The van der Waals surface area contributed by atoms with E-state index >= 15 is 0 Å². The lowest BCUT2D eigenvalue weighted by molar-refractivity contribution is 0.431. The van der Waals surface area contributed by atoms with Gasteiger partial charge in [-0.2, -0.15) is 0 Å². The maximum Gasteiger partial charge on any atom is 0.0414 e. The summed E-state index contributed by atoms with van der Waals surface area (Å²) >= 11 is 0. The number of aromatic nitrogens is 1. The Bertz CT molecular complexity index is 741. The molecule has 0 spiro atoms. The molecule has 1 aromatic carbocycles. The summed E-state index contributed by atoms with van der Waals surface area (Å²) in [5, 5.41) is 0. The summed E-state index contributed by atoms with van der Waals surface area (Å²) in [6.45, 7) is 12.5. The van der Waals surface area contributed by atoms with Gasteiger partial charge in [0.1, 0.15) is 0 Å². The van der Waals surface area contributed by atoms with Gasteiger partial charge in [0.15, 0.2) is 0 Å². The Morgan fingerprint density at radius 2 is 1.91 bits per heavy atom. The number of para-hydroxylation sites is 1. The molecule has 2 heteroatoms. The van der Waals surface area contributed by atoms with E-state index < -0.39 is 0 Å². The maximum absolute atomic E-state index is 4.77. The number of nitrogens with zero attached hydrogens (tertiary/aromatic N) is 2. The molecule has 0 amide bonds. The van der Waals surface area contributed by atoms with Crippen molar-refractivity contribution in [2.24, 2.45) is 0 Å². The van der Waals surface area contributed by atoms with Crippen LogP contribution in [0.25, 0.3) is 0 Å². The summed E-state index contributed by atoms with van der Waals surface area (Å²) in [6.07, 6.45) is 0. The Hall–Kier alpha value is -1.83. The molecular formula is C20H24N2. The molecule has 4 rings (SSSR count). The van der Waals surface area contributed by atoms with Crippen molar-refractivity contribution in [2.45, 2.75) is 52.0 Å². The van der Waals surface area contributed by atoms with E-state index in [4.69, 9.17) is 4.98 Å². The van der Waals surface area contributed by atoms with Crippen molar-refractivity contribution >= 4 is 5.69 Å². The van der Waals surface area contributed by atoms with Gasteiger partial charge in [0.25, 0.3) is 0 Å². The molecule has 1 fully saturated rings. The zero-order chi connectivity index (χ0) is 15.6. The van der Waals surface area contributed by atoms with Crippen LogP contribution in [0.5, 0.6) is 0 Å². The van der Waals surface area contributed by atoms with Gasteiger partial charge in [-0.3, -0.25) is 4.98 Å². The molecule has 2 bridgehead atoms. The topological polar surface area (TPSA) is 16.1 Å². The number of fused-ring (bicyclic) bond motifs is 5. The number of hydrogen-bond donors (Lipinski definition) is 0. The zero-order valence-corrected chi connectivity index (χ0v) is 14.1. The second-order valence-electron chi connectivity index (χ2n) is 7.36. The zero-order valence-electron chi connectivity index (χ0n) is 14.1. The Labute approximate surface area is 133 Å². The van der Waals surface area contributed by atoms with Crippen LogP contribution >= 0.6 is 0 Å². The van der Waals surface area contributed by atoms with E-state index in [0.717, 1.165) is 12.2 Å². The van der Waals surface area contributed by atoms with Gasteiger partial charge in [-0.25, -0.2) is 0 Å². The van der Waals surface area contributed by atoms with E-state index in [1.165, 1.54) is 28.1 Å². The fraction of sp³-hybridized carbons (Fsp3) is 0.450. The lowest BCUT2D eigenvalue weighted by Gasteiger charge is -2.38. The van der Waals surface area contributed by atoms with E-state index in [2.05, 4.69) is 69.9 Å². The Morgan fingerprint density at radius 3 is 2.64 bits per heavy atom. The van der Waals surface area contributed by atoms with Crippen LogP contribution in [0, 0.1) is 20.8 Å². The Kier molecular flexibility index (Phi) is 2.73. The van der Waals surface area contributed by atoms with Gasteiger partial charge < -0.3 is 4.90 Å². The van der Waals surface area contributed by atoms with Crippen molar-refractivity contribution in [3.05, 3.63) is 58.4 Å². The first kappa shape index (κ1) is 13.8. The minimum absolute atomic E-state index is 0.197. The molecule has 2 aliphatic rings. The molecule has 0 aliphatic carbocycles. The normalized spacial score (nSPS) is 29.0. The Morgan fingerprint density at radius 1 is 1.18 bits per heavy atom. The highest BCUT2D eigenvalue weighted by Crippen LogP contribution is 2.58. The molecule has 2 aliphatic heterocycles. The predicted molar refractivity (Wildman–Crippen MR) is 91.8 cm³/mol. The fourth-order valence-corrected chi connectivity index (χ4v) is 5.14. The molecule has 0 radical (unpaired) electrons. The van der Waals surface area contributed by atoms with Crippen LogP contribution in [-0.2, 0) is 5.41 Å². The number of benzene rings is 1. The van der Waals surface area contributed by atoms with Crippen LogP contribution in [0.4, 0.5) is 5.69 Å². The highest BCUT2D eigenvalue weighted by molar-refractivity contribution is 5.69.